The van der Waals surface area contributed by atoms with Crippen LogP contribution in [0.15, 0.2) is 48.5 Å². The molecule has 0 bridgehead atoms. The van der Waals surface area contributed by atoms with Gasteiger partial charge in [0.15, 0.2) is 23.1 Å². The van der Waals surface area contributed by atoms with Crippen LogP contribution in [-0.4, -0.2) is 49.1 Å². The molecule has 0 spiro atoms. The molecule has 3 rings (SSSR count). The van der Waals surface area contributed by atoms with Crippen LogP contribution in [0.2, 0.25) is 0 Å². The number of pyridine rings is 1. The quantitative estimate of drug-likeness (QED) is 0.260. The lowest BCUT2D eigenvalue weighted by Gasteiger charge is -2.15. The number of methoxy groups -OCH3 is 2. The van der Waals surface area contributed by atoms with Crippen molar-refractivity contribution in [2.45, 2.75) is 19.5 Å². The molecular weight excluding hydrogens is 510 g/mol. The Morgan fingerprint density at radius 3 is 2.29 bits per heavy atom. The average molecular weight is 535 g/mol. The maximum absolute atomic E-state index is 13.8. The molecule has 38 heavy (non-hydrogen) atoms. The number of carbonyl (C=O) groups is 2. The maximum Gasteiger partial charge on any atom is 0.419 e. The summed E-state index contributed by atoms with van der Waals surface area (Å²) in [4.78, 5) is 30.2. The number of benzene rings is 2. The second kappa shape index (κ2) is 12.0. The Morgan fingerprint density at radius 2 is 1.66 bits per heavy atom. The SMILES string of the molecule is COc1cc(C(=O)C[C@H](C)C(=O)c2ccc(OC)c(-c3ccc(F)c(C(F)(F)F)c3)n2)ccc1OCCO. The molecular formula is C27H25F4NO6. The van der Waals surface area contributed by atoms with E-state index in [1.165, 1.54) is 51.5 Å². The fourth-order valence-electron chi connectivity index (χ4n) is 3.70. The maximum atomic E-state index is 13.8. The molecule has 11 heteroatoms. The summed E-state index contributed by atoms with van der Waals surface area (Å²) in [5, 5.41) is 8.92. The molecule has 0 aliphatic rings. The number of aromatic nitrogens is 1. The monoisotopic (exact) mass is 535 g/mol. The van der Waals surface area contributed by atoms with Crippen LogP contribution in [0.3, 0.4) is 0 Å². The Kier molecular flexibility index (Phi) is 9.05. The summed E-state index contributed by atoms with van der Waals surface area (Å²) in [5.41, 5.74) is -1.47. The van der Waals surface area contributed by atoms with E-state index in [0.29, 0.717) is 17.9 Å². The third-order valence-corrected chi connectivity index (χ3v) is 5.65. The fourth-order valence-corrected chi connectivity index (χ4v) is 3.70. The van der Waals surface area contributed by atoms with Gasteiger partial charge in [0.2, 0.25) is 0 Å². The normalized spacial score (nSPS) is 12.1. The van der Waals surface area contributed by atoms with Crippen LogP contribution >= 0.6 is 0 Å². The summed E-state index contributed by atoms with van der Waals surface area (Å²) in [6.45, 7) is 1.37. The second-order valence-corrected chi connectivity index (χ2v) is 8.27. The minimum absolute atomic E-state index is 0.0431. The van der Waals surface area contributed by atoms with E-state index in [4.69, 9.17) is 19.3 Å². The number of aliphatic hydroxyl groups is 1. The van der Waals surface area contributed by atoms with Crippen molar-refractivity contribution in [2.75, 3.05) is 27.4 Å². The van der Waals surface area contributed by atoms with Crippen LogP contribution in [0.5, 0.6) is 17.2 Å². The lowest BCUT2D eigenvalue weighted by Crippen LogP contribution is -2.17. The summed E-state index contributed by atoms with van der Waals surface area (Å²) in [5.74, 6) is -2.44. The van der Waals surface area contributed by atoms with E-state index in [9.17, 15) is 27.2 Å². The van der Waals surface area contributed by atoms with Gasteiger partial charge < -0.3 is 19.3 Å². The number of halogens is 4. The van der Waals surface area contributed by atoms with Gasteiger partial charge in [-0.3, -0.25) is 9.59 Å². The Labute approximate surface area is 216 Å². The van der Waals surface area contributed by atoms with Crippen molar-refractivity contribution in [3.05, 3.63) is 71.2 Å². The van der Waals surface area contributed by atoms with Gasteiger partial charge in [-0.15, -0.1) is 0 Å². The molecule has 1 atom stereocenters. The first-order chi connectivity index (χ1) is 18.0. The molecule has 7 nitrogen and oxygen atoms in total. The van der Waals surface area contributed by atoms with Crippen molar-refractivity contribution in [1.82, 2.24) is 4.98 Å². The average Bonchev–Trinajstić information content (AvgIpc) is 2.90. The van der Waals surface area contributed by atoms with Gasteiger partial charge in [0, 0.05) is 23.5 Å². The Morgan fingerprint density at radius 1 is 0.974 bits per heavy atom. The van der Waals surface area contributed by atoms with E-state index in [-0.39, 0.29) is 59.4 Å². The van der Waals surface area contributed by atoms with E-state index < -0.39 is 29.3 Å². The summed E-state index contributed by atoms with van der Waals surface area (Å²) in [6, 6.07) is 9.58. The van der Waals surface area contributed by atoms with Gasteiger partial charge in [-0.05, 0) is 48.5 Å². The highest BCUT2D eigenvalue weighted by Gasteiger charge is 2.34. The van der Waals surface area contributed by atoms with Gasteiger partial charge in [-0.1, -0.05) is 6.92 Å². The van der Waals surface area contributed by atoms with Crippen LogP contribution in [0.4, 0.5) is 17.6 Å². The predicted octanol–water partition coefficient (Wildman–Crippen LogP) is 5.39. The van der Waals surface area contributed by atoms with Crippen LogP contribution in [0.25, 0.3) is 11.3 Å². The molecule has 0 unspecified atom stereocenters. The van der Waals surface area contributed by atoms with Crippen LogP contribution < -0.4 is 14.2 Å². The van der Waals surface area contributed by atoms with E-state index >= 15 is 0 Å². The summed E-state index contributed by atoms with van der Waals surface area (Å²) in [7, 11) is 2.68. The number of ketones is 2. The minimum atomic E-state index is -4.93. The molecule has 202 valence electrons. The van der Waals surface area contributed by atoms with Crippen LogP contribution in [-0.2, 0) is 6.18 Å². The first-order valence-electron chi connectivity index (χ1n) is 11.4. The van der Waals surface area contributed by atoms with Crippen molar-refractivity contribution < 1.29 is 46.5 Å². The highest BCUT2D eigenvalue weighted by Crippen LogP contribution is 2.36. The van der Waals surface area contributed by atoms with E-state index in [1.807, 2.05) is 0 Å². The van der Waals surface area contributed by atoms with E-state index in [0.717, 1.165) is 6.07 Å². The first kappa shape index (κ1) is 28.6. The van der Waals surface area contributed by atoms with E-state index in [1.54, 1.807) is 0 Å². The number of alkyl halides is 3. The number of ether oxygens (including phenoxy) is 3. The number of rotatable bonds is 11. The van der Waals surface area contributed by atoms with E-state index in [2.05, 4.69) is 4.98 Å². The molecule has 1 aromatic heterocycles. The third-order valence-electron chi connectivity index (χ3n) is 5.65. The highest BCUT2D eigenvalue weighted by atomic mass is 19.4. The molecule has 0 saturated heterocycles. The first-order valence-corrected chi connectivity index (χ1v) is 11.4. The Hall–Kier alpha value is -3.99. The van der Waals surface area contributed by atoms with Gasteiger partial charge >= 0.3 is 6.18 Å². The lowest BCUT2D eigenvalue weighted by atomic mass is 9.94. The number of carbonyl (C=O) groups excluding carboxylic acids is 2. The van der Waals surface area contributed by atoms with Crippen molar-refractivity contribution in [1.29, 1.82) is 0 Å². The smallest absolute Gasteiger partial charge is 0.419 e. The predicted molar refractivity (Wildman–Crippen MR) is 129 cm³/mol. The Balaban J connectivity index is 1.85. The number of nitrogens with zero attached hydrogens (tertiary/aromatic N) is 1. The molecule has 0 aliphatic carbocycles. The zero-order valence-corrected chi connectivity index (χ0v) is 20.8. The molecule has 0 saturated carbocycles. The fraction of sp³-hybridized carbons (Fsp3) is 0.296. The second-order valence-electron chi connectivity index (χ2n) is 8.27. The van der Waals surface area contributed by atoms with Gasteiger partial charge in [-0.25, -0.2) is 9.37 Å². The van der Waals surface area contributed by atoms with Crippen molar-refractivity contribution >= 4 is 11.6 Å². The highest BCUT2D eigenvalue weighted by molar-refractivity contribution is 6.03. The number of hydrogen-bond donors (Lipinski definition) is 1. The largest absolute Gasteiger partial charge is 0.494 e. The summed E-state index contributed by atoms with van der Waals surface area (Å²) < 4.78 is 69.2. The van der Waals surface area contributed by atoms with Gasteiger partial charge in [-0.2, -0.15) is 13.2 Å². The molecule has 3 aromatic rings. The number of hydrogen-bond acceptors (Lipinski definition) is 7. The molecule has 1 N–H and O–H groups in total. The summed E-state index contributed by atoms with van der Waals surface area (Å²) in [6.07, 6.45) is -5.11. The van der Waals surface area contributed by atoms with Gasteiger partial charge in [0.05, 0.1) is 26.4 Å². The minimum Gasteiger partial charge on any atom is -0.494 e. The topological polar surface area (TPSA) is 95.0 Å². The molecule has 2 aromatic carbocycles. The van der Waals surface area contributed by atoms with Gasteiger partial charge in [0.25, 0.3) is 0 Å². The molecule has 1 heterocycles. The number of Topliss-reactive ketones (excluding diaryl/α,β-unsaturated/α-hetero) is 2. The zero-order valence-electron chi connectivity index (χ0n) is 20.8. The van der Waals surface area contributed by atoms with Crippen molar-refractivity contribution in [3.63, 3.8) is 0 Å². The van der Waals surface area contributed by atoms with Crippen LogP contribution in [0, 0.1) is 11.7 Å². The zero-order chi connectivity index (χ0) is 28.0. The third kappa shape index (κ3) is 6.46. The summed E-state index contributed by atoms with van der Waals surface area (Å²) >= 11 is 0. The lowest BCUT2D eigenvalue weighted by molar-refractivity contribution is -0.139. The molecule has 0 amide bonds. The van der Waals surface area contributed by atoms with Crippen LogP contribution in [0.1, 0.15) is 39.8 Å². The van der Waals surface area contributed by atoms with Crippen molar-refractivity contribution in [3.8, 4) is 28.5 Å². The standard InChI is InChI=1S/C27H25F4NO6/c1-15(12-21(34)16-5-8-22(38-11-10-33)24(14-16)37-3)26(35)20-7-9-23(36-2)25(32-20)17-4-6-19(28)18(13-17)27(29,30)31/h4-9,13-15,33H,10-12H2,1-3H3/t15-/m0/s1. The number of aliphatic hydroxyl groups excluding tert-OH is 1. The van der Waals surface area contributed by atoms with Gasteiger partial charge in [0.1, 0.15) is 29.6 Å². The molecule has 0 fully saturated rings. The molecule has 0 radical (unpaired) electrons. The van der Waals surface area contributed by atoms with Crippen molar-refractivity contribution in [2.24, 2.45) is 5.92 Å². The molecule has 0 aliphatic heterocycles. The Bertz CT molecular complexity index is 1330.